The van der Waals surface area contributed by atoms with E-state index in [-0.39, 0.29) is 5.92 Å². The predicted octanol–water partition coefficient (Wildman–Crippen LogP) is 3.23. The molecule has 2 aliphatic rings. The van der Waals surface area contributed by atoms with Gasteiger partial charge in [0.2, 0.25) is 5.91 Å². The molecule has 0 spiro atoms. The smallest absolute Gasteiger partial charge is 0.230 e. The molecule has 2 heterocycles. The van der Waals surface area contributed by atoms with E-state index in [4.69, 9.17) is 0 Å². The van der Waals surface area contributed by atoms with Crippen LogP contribution >= 0.6 is 0 Å². The lowest BCUT2D eigenvalue weighted by Crippen LogP contribution is -2.43. The molecule has 1 aromatic carbocycles. The van der Waals surface area contributed by atoms with Gasteiger partial charge in [0.25, 0.3) is 0 Å². The van der Waals surface area contributed by atoms with Crippen LogP contribution in [0.15, 0.2) is 24.3 Å². The molecule has 0 saturated carbocycles. The Morgan fingerprint density at radius 2 is 1.90 bits per heavy atom. The van der Waals surface area contributed by atoms with Crippen LogP contribution in [0.5, 0.6) is 0 Å². The Morgan fingerprint density at radius 3 is 2.65 bits per heavy atom. The number of carbonyl (C=O) groups is 1. The van der Waals surface area contributed by atoms with Gasteiger partial charge >= 0.3 is 0 Å². The first kappa shape index (κ1) is 13.5. The van der Waals surface area contributed by atoms with E-state index in [9.17, 15) is 4.79 Å². The number of amides is 1. The summed E-state index contributed by atoms with van der Waals surface area (Å²) in [6.07, 6.45) is 3.20. The first-order valence-corrected chi connectivity index (χ1v) is 7.79. The SMILES string of the molecule is CC1CCN(C(=O)C2CC(C)Nc3ccccc32)CC1. The lowest BCUT2D eigenvalue weighted by molar-refractivity contribution is -0.134. The zero-order valence-corrected chi connectivity index (χ0v) is 12.4. The molecule has 1 amide bonds. The van der Waals surface area contributed by atoms with Gasteiger partial charge in [-0.05, 0) is 43.7 Å². The summed E-state index contributed by atoms with van der Waals surface area (Å²) in [5, 5.41) is 3.48. The van der Waals surface area contributed by atoms with E-state index in [1.807, 2.05) is 12.1 Å². The Morgan fingerprint density at radius 1 is 1.20 bits per heavy atom. The topological polar surface area (TPSA) is 32.3 Å². The summed E-state index contributed by atoms with van der Waals surface area (Å²) < 4.78 is 0. The number of benzene rings is 1. The van der Waals surface area contributed by atoms with E-state index in [0.717, 1.165) is 44.0 Å². The lowest BCUT2D eigenvalue weighted by Gasteiger charge is -2.36. The average molecular weight is 272 g/mol. The second-order valence-electron chi connectivity index (χ2n) is 6.43. The largest absolute Gasteiger partial charge is 0.382 e. The number of piperidine rings is 1. The highest BCUT2D eigenvalue weighted by molar-refractivity contribution is 5.86. The Hall–Kier alpha value is -1.51. The zero-order valence-electron chi connectivity index (χ0n) is 12.4. The third kappa shape index (κ3) is 2.54. The molecule has 0 aromatic heterocycles. The summed E-state index contributed by atoms with van der Waals surface area (Å²) in [7, 11) is 0. The Balaban J connectivity index is 1.81. The zero-order chi connectivity index (χ0) is 14.1. The molecule has 108 valence electrons. The summed E-state index contributed by atoms with van der Waals surface area (Å²) >= 11 is 0. The van der Waals surface area contributed by atoms with Crippen molar-refractivity contribution in [2.75, 3.05) is 18.4 Å². The minimum Gasteiger partial charge on any atom is -0.382 e. The van der Waals surface area contributed by atoms with Gasteiger partial charge < -0.3 is 10.2 Å². The summed E-state index contributed by atoms with van der Waals surface area (Å²) in [6.45, 7) is 6.30. The summed E-state index contributed by atoms with van der Waals surface area (Å²) in [5.41, 5.74) is 2.31. The van der Waals surface area contributed by atoms with Crippen LogP contribution in [0.3, 0.4) is 0 Å². The average Bonchev–Trinajstić information content (AvgIpc) is 2.46. The summed E-state index contributed by atoms with van der Waals surface area (Å²) in [4.78, 5) is 14.9. The number of nitrogens with one attached hydrogen (secondary N) is 1. The summed E-state index contributed by atoms with van der Waals surface area (Å²) in [6, 6.07) is 8.62. The van der Waals surface area contributed by atoms with Gasteiger partial charge in [0.05, 0.1) is 5.92 Å². The van der Waals surface area contributed by atoms with E-state index in [2.05, 4.69) is 36.2 Å². The van der Waals surface area contributed by atoms with E-state index in [1.165, 1.54) is 5.56 Å². The second kappa shape index (κ2) is 5.47. The van der Waals surface area contributed by atoms with E-state index < -0.39 is 0 Å². The molecule has 2 unspecified atom stereocenters. The van der Waals surface area contributed by atoms with Gasteiger partial charge in [0.15, 0.2) is 0 Å². The van der Waals surface area contributed by atoms with Crippen LogP contribution in [-0.4, -0.2) is 29.9 Å². The van der Waals surface area contributed by atoms with E-state index >= 15 is 0 Å². The predicted molar refractivity (Wildman–Crippen MR) is 81.9 cm³/mol. The maximum Gasteiger partial charge on any atom is 0.230 e. The van der Waals surface area contributed by atoms with Crippen molar-refractivity contribution in [1.82, 2.24) is 4.90 Å². The highest BCUT2D eigenvalue weighted by atomic mass is 16.2. The molecule has 2 atom stereocenters. The normalized spacial score (nSPS) is 26.8. The van der Waals surface area contributed by atoms with Gasteiger partial charge in [-0.2, -0.15) is 0 Å². The molecule has 0 aliphatic carbocycles. The van der Waals surface area contributed by atoms with Gasteiger partial charge in [0.1, 0.15) is 0 Å². The third-order valence-electron chi connectivity index (χ3n) is 4.72. The fraction of sp³-hybridized carbons (Fsp3) is 0.588. The van der Waals surface area contributed by atoms with Gasteiger partial charge in [-0.3, -0.25) is 4.79 Å². The number of carbonyl (C=O) groups excluding carboxylic acids is 1. The lowest BCUT2D eigenvalue weighted by atomic mass is 9.85. The molecule has 2 aliphatic heterocycles. The van der Waals surface area contributed by atoms with Gasteiger partial charge in [-0.1, -0.05) is 25.1 Å². The maximum atomic E-state index is 12.9. The van der Waals surface area contributed by atoms with Gasteiger partial charge in [-0.15, -0.1) is 0 Å². The van der Waals surface area contributed by atoms with Crippen LogP contribution in [0, 0.1) is 5.92 Å². The first-order chi connectivity index (χ1) is 9.65. The van der Waals surface area contributed by atoms with Crippen molar-refractivity contribution in [3.05, 3.63) is 29.8 Å². The van der Waals surface area contributed by atoms with Crippen LogP contribution in [0.25, 0.3) is 0 Å². The molecular formula is C17H24N2O. The van der Waals surface area contributed by atoms with Crippen molar-refractivity contribution < 1.29 is 4.79 Å². The number of hydrogen-bond acceptors (Lipinski definition) is 2. The number of likely N-dealkylation sites (tertiary alicyclic amines) is 1. The quantitative estimate of drug-likeness (QED) is 0.851. The molecule has 1 saturated heterocycles. The highest BCUT2D eigenvalue weighted by Crippen LogP contribution is 2.36. The highest BCUT2D eigenvalue weighted by Gasteiger charge is 2.33. The Kier molecular flexibility index (Phi) is 3.68. The standard InChI is InChI=1S/C17H24N2O/c1-12-7-9-19(10-8-12)17(20)15-11-13(2)18-16-6-4-3-5-14(15)16/h3-6,12-13,15,18H,7-11H2,1-2H3. The molecule has 0 bridgehead atoms. The van der Waals surface area contributed by atoms with Crippen LogP contribution in [0.1, 0.15) is 44.6 Å². The maximum absolute atomic E-state index is 12.9. The van der Waals surface area contributed by atoms with E-state index in [1.54, 1.807) is 0 Å². The van der Waals surface area contributed by atoms with Crippen molar-refractivity contribution in [3.63, 3.8) is 0 Å². The number of fused-ring (bicyclic) bond motifs is 1. The molecule has 20 heavy (non-hydrogen) atoms. The van der Waals surface area contributed by atoms with Crippen molar-refractivity contribution in [2.45, 2.75) is 45.1 Å². The number of nitrogens with zero attached hydrogens (tertiary/aromatic N) is 1. The van der Waals surface area contributed by atoms with Crippen LogP contribution in [-0.2, 0) is 4.79 Å². The number of hydrogen-bond donors (Lipinski definition) is 1. The monoisotopic (exact) mass is 272 g/mol. The van der Waals surface area contributed by atoms with Crippen LogP contribution in [0.4, 0.5) is 5.69 Å². The van der Waals surface area contributed by atoms with Crippen LogP contribution < -0.4 is 5.32 Å². The summed E-state index contributed by atoms with van der Waals surface area (Å²) in [5.74, 6) is 1.13. The molecular weight excluding hydrogens is 248 g/mol. The Bertz CT molecular complexity index is 492. The Labute approximate surface area is 121 Å². The van der Waals surface area contributed by atoms with Crippen molar-refractivity contribution in [2.24, 2.45) is 5.92 Å². The van der Waals surface area contributed by atoms with Crippen LogP contribution in [0.2, 0.25) is 0 Å². The second-order valence-corrected chi connectivity index (χ2v) is 6.43. The van der Waals surface area contributed by atoms with Crippen molar-refractivity contribution in [3.8, 4) is 0 Å². The first-order valence-electron chi connectivity index (χ1n) is 7.79. The van der Waals surface area contributed by atoms with E-state index in [0.29, 0.717) is 11.9 Å². The fourth-order valence-electron chi connectivity index (χ4n) is 3.42. The van der Waals surface area contributed by atoms with Crippen molar-refractivity contribution >= 4 is 11.6 Å². The molecule has 3 rings (SSSR count). The molecule has 0 radical (unpaired) electrons. The number of para-hydroxylation sites is 1. The number of anilines is 1. The van der Waals surface area contributed by atoms with Gasteiger partial charge in [-0.25, -0.2) is 0 Å². The van der Waals surface area contributed by atoms with Crippen molar-refractivity contribution in [1.29, 1.82) is 0 Å². The molecule has 3 nitrogen and oxygen atoms in total. The fourth-order valence-corrected chi connectivity index (χ4v) is 3.42. The minimum atomic E-state index is 0.0378. The molecule has 3 heteroatoms. The number of rotatable bonds is 1. The molecule has 1 N–H and O–H groups in total. The minimum absolute atomic E-state index is 0.0378. The van der Waals surface area contributed by atoms with Gasteiger partial charge in [0, 0.05) is 24.8 Å². The third-order valence-corrected chi connectivity index (χ3v) is 4.72. The molecule has 1 aromatic rings. The molecule has 1 fully saturated rings.